The van der Waals surface area contributed by atoms with Crippen LogP contribution in [0.15, 0.2) is 48.5 Å². The second-order valence-corrected chi connectivity index (χ2v) is 6.79. The van der Waals surface area contributed by atoms with Gasteiger partial charge in [-0.2, -0.15) is 9.97 Å². The van der Waals surface area contributed by atoms with Crippen molar-refractivity contribution < 1.29 is 9.84 Å². The van der Waals surface area contributed by atoms with E-state index in [1.165, 1.54) is 0 Å². The summed E-state index contributed by atoms with van der Waals surface area (Å²) in [5.74, 6) is 0.595. The number of H-pyrrole nitrogens is 2. The van der Waals surface area contributed by atoms with Crippen molar-refractivity contribution in [3.8, 4) is 12.0 Å². The van der Waals surface area contributed by atoms with Gasteiger partial charge in [-0.15, -0.1) is 0 Å². The number of nitrogens with zero attached hydrogens (tertiary/aromatic N) is 2. The number of aromatic amines is 2. The molecule has 27 heavy (non-hydrogen) atoms. The molecule has 0 aliphatic carbocycles. The zero-order valence-electron chi connectivity index (χ0n) is 15.5. The smallest absolute Gasteiger partial charge is 0.302 e. The van der Waals surface area contributed by atoms with Crippen molar-refractivity contribution >= 4 is 22.1 Å². The lowest BCUT2D eigenvalue weighted by Crippen LogP contribution is -2.25. The summed E-state index contributed by atoms with van der Waals surface area (Å²) in [5, 5.41) is 8.46. The van der Waals surface area contributed by atoms with Gasteiger partial charge < -0.3 is 25.5 Å². The van der Waals surface area contributed by atoms with Crippen molar-refractivity contribution in [1.29, 1.82) is 0 Å². The Hall–Kier alpha value is -2.90. The first kappa shape index (κ1) is 18.9. The zero-order chi connectivity index (χ0) is 19.2. The van der Waals surface area contributed by atoms with Gasteiger partial charge in [-0.3, -0.25) is 0 Å². The molecule has 2 aromatic carbocycles. The van der Waals surface area contributed by atoms with Crippen LogP contribution in [0.2, 0.25) is 0 Å². The number of hydrogen-bond acceptors (Lipinski definition) is 5. The molecule has 0 fully saturated rings. The average Bonchev–Trinajstić information content (AvgIpc) is 3.24. The molecule has 0 aliphatic rings. The van der Waals surface area contributed by atoms with Crippen LogP contribution in [0.4, 0.5) is 0 Å². The van der Waals surface area contributed by atoms with Gasteiger partial charge in [-0.25, -0.2) is 0 Å². The number of aromatic nitrogens is 4. The van der Waals surface area contributed by atoms with Crippen LogP contribution in [-0.2, 0) is 0 Å². The van der Waals surface area contributed by atoms with Crippen LogP contribution >= 0.6 is 0 Å². The maximum atomic E-state index is 8.46. The van der Waals surface area contributed by atoms with Crippen LogP contribution in [0.5, 0.6) is 12.0 Å². The zero-order valence-corrected chi connectivity index (χ0v) is 15.5. The Morgan fingerprint density at radius 1 is 0.926 bits per heavy atom. The number of aliphatic hydroxyl groups excluding tert-OH is 1. The summed E-state index contributed by atoms with van der Waals surface area (Å²) in [5.41, 5.74) is 9.04. The van der Waals surface area contributed by atoms with Crippen LogP contribution < -0.4 is 10.5 Å². The van der Waals surface area contributed by atoms with Crippen molar-refractivity contribution in [1.82, 2.24) is 19.9 Å². The lowest BCUT2D eigenvalue weighted by Gasteiger charge is -2.09. The Morgan fingerprint density at radius 3 is 1.78 bits per heavy atom. The van der Waals surface area contributed by atoms with E-state index in [0.29, 0.717) is 17.9 Å². The number of para-hydroxylation sites is 4. The highest BCUT2D eigenvalue weighted by Crippen LogP contribution is 2.21. The van der Waals surface area contributed by atoms with Crippen molar-refractivity contribution in [2.75, 3.05) is 6.61 Å². The summed E-state index contributed by atoms with van der Waals surface area (Å²) in [7, 11) is 0. The van der Waals surface area contributed by atoms with E-state index in [0.717, 1.165) is 28.5 Å². The molecule has 1 atom stereocenters. The van der Waals surface area contributed by atoms with Gasteiger partial charge >= 0.3 is 12.0 Å². The number of aliphatic hydroxyl groups is 1. The number of nitrogens with two attached hydrogens (primary N) is 1. The predicted molar refractivity (Wildman–Crippen MR) is 107 cm³/mol. The number of rotatable bonds is 5. The monoisotopic (exact) mass is 367 g/mol. The molecule has 4 rings (SSSR count). The molecule has 0 amide bonds. The third-order valence-corrected chi connectivity index (χ3v) is 3.94. The lowest BCUT2D eigenvalue weighted by molar-refractivity contribution is 0.250. The van der Waals surface area contributed by atoms with Crippen LogP contribution in [0.25, 0.3) is 22.1 Å². The normalized spacial score (nSPS) is 12.2. The van der Waals surface area contributed by atoms with Gasteiger partial charge in [-0.05, 0) is 36.6 Å². The minimum atomic E-state index is -0.0185. The second kappa shape index (κ2) is 8.66. The molecule has 7 nitrogen and oxygen atoms in total. The summed E-state index contributed by atoms with van der Waals surface area (Å²) >= 11 is 0. The Labute approximate surface area is 157 Å². The van der Waals surface area contributed by atoms with Gasteiger partial charge in [-0.1, -0.05) is 38.1 Å². The molecule has 1 unspecified atom stereocenters. The molecule has 0 saturated heterocycles. The topological polar surface area (TPSA) is 113 Å². The van der Waals surface area contributed by atoms with Gasteiger partial charge in [0.05, 0.1) is 28.7 Å². The van der Waals surface area contributed by atoms with E-state index in [2.05, 4.69) is 33.8 Å². The highest BCUT2D eigenvalue weighted by Gasteiger charge is 2.07. The van der Waals surface area contributed by atoms with Crippen molar-refractivity contribution in [3.63, 3.8) is 0 Å². The van der Waals surface area contributed by atoms with E-state index < -0.39 is 0 Å². The quantitative estimate of drug-likeness (QED) is 0.431. The molecule has 142 valence electrons. The second-order valence-electron chi connectivity index (χ2n) is 6.79. The molecular formula is C20H25N5O2. The van der Waals surface area contributed by atoms with Gasteiger partial charge in [0.2, 0.25) is 0 Å². The first-order valence-electron chi connectivity index (χ1n) is 8.99. The standard InChI is InChI=1S/C14H10N4O.C6H15NO/c1-2-6-10-9(5-1)15-13(16-10)19-14-17-11-7-3-4-8-12(11)18-14;1-5(2)3-6(7)4-8/h1-8H,(H,15,16)(H,17,18);5-6,8H,3-4,7H2,1-2H3. The van der Waals surface area contributed by atoms with Gasteiger partial charge in [0, 0.05) is 6.04 Å². The molecule has 0 spiro atoms. The maximum absolute atomic E-state index is 8.46. The van der Waals surface area contributed by atoms with Crippen molar-refractivity contribution in [2.45, 2.75) is 26.3 Å². The van der Waals surface area contributed by atoms with E-state index in [1.807, 2.05) is 48.5 Å². The van der Waals surface area contributed by atoms with E-state index in [-0.39, 0.29) is 12.6 Å². The number of fused-ring (bicyclic) bond motifs is 2. The van der Waals surface area contributed by atoms with Gasteiger partial charge in [0.15, 0.2) is 0 Å². The SMILES string of the molecule is CC(C)CC(N)CO.c1ccc2[nH]c(Oc3nc4ccccc4[nH]3)nc2c1. The maximum Gasteiger partial charge on any atom is 0.302 e. The lowest BCUT2D eigenvalue weighted by atomic mass is 10.1. The molecule has 4 aromatic rings. The van der Waals surface area contributed by atoms with E-state index in [9.17, 15) is 0 Å². The molecule has 7 heteroatoms. The largest absolute Gasteiger partial charge is 0.395 e. The molecular weight excluding hydrogens is 342 g/mol. The molecule has 2 heterocycles. The molecule has 5 N–H and O–H groups in total. The van der Waals surface area contributed by atoms with Crippen LogP contribution in [-0.4, -0.2) is 37.7 Å². The first-order chi connectivity index (χ1) is 13.0. The van der Waals surface area contributed by atoms with E-state index in [1.54, 1.807) is 0 Å². The summed E-state index contributed by atoms with van der Waals surface area (Å²) in [6.07, 6.45) is 0.913. The minimum Gasteiger partial charge on any atom is -0.395 e. The first-order valence-corrected chi connectivity index (χ1v) is 8.99. The number of nitrogens with one attached hydrogen (secondary N) is 2. The summed E-state index contributed by atoms with van der Waals surface area (Å²) in [4.78, 5) is 14.9. The Balaban J connectivity index is 0.000000226. The molecule has 0 aliphatic heterocycles. The summed E-state index contributed by atoms with van der Waals surface area (Å²) in [6, 6.07) is 16.4. The fraction of sp³-hybridized carbons (Fsp3) is 0.300. The molecule has 0 bridgehead atoms. The summed E-state index contributed by atoms with van der Waals surface area (Å²) in [6.45, 7) is 4.29. The Bertz CT molecular complexity index is 854. The predicted octanol–water partition coefficient (Wildman–Crippen LogP) is 3.58. The van der Waals surface area contributed by atoms with Crippen molar-refractivity contribution in [2.24, 2.45) is 11.7 Å². The fourth-order valence-corrected chi connectivity index (χ4v) is 2.73. The molecule has 2 aromatic heterocycles. The van der Waals surface area contributed by atoms with Gasteiger partial charge in [0.1, 0.15) is 0 Å². The van der Waals surface area contributed by atoms with Crippen LogP contribution in [0.3, 0.4) is 0 Å². The van der Waals surface area contributed by atoms with Crippen LogP contribution in [0, 0.1) is 5.92 Å². The number of ether oxygens (including phenoxy) is 1. The van der Waals surface area contributed by atoms with E-state index in [4.69, 9.17) is 15.6 Å². The summed E-state index contributed by atoms with van der Waals surface area (Å²) < 4.78 is 5.62. The fourth-order valence-electron chi connectivity index (χ4n) is 2.73. The number of imidazole rings is 2. The third kappa shape index (κ3) is 5.06. The molecule has 0 saturated carbocycles. The number of hydrogen-bond donors (Lipinski definition) is 4. The highest BCUT2D eigenvalue weighted by molar-refractivity contribution is 5.76. The van der Waals surface area contributed by atoms with E-state index >= 15 is 0 Å². The Morgan fingerprint density at radius 2 is 1.41 bits per heavy atom. The average molecular weight is 367 g/mol. The minimum absolute atomic E-state index is 0.0185. The van der Waals surface area contributed by atoms with Crippen LogP contribution in [0.1, 0.15) is 20.3 Å². The molecule has 0 radical (unpaired) electrons. The van der Waals surface area contributed by atoms with Gasteiger partial charge in [0.25, 0.3) is 0 Å². The highest BCUT2D eigenvalue weighted by atomic mass is 16.5. The van der Waals surface area contributed by atoms with Crippen molar-refractivity contribution in [3.05, 3.63) is 48.5 Å². The number of benzene rings is 2. The Kier molecular flexibility index (Phi) is 6.05. The third-order valence-electron chi connectivity index (χ3n) is 3.94.